The van der Waals surface area contributed by atoms with Crippen molar-refractivity contribution >= 4 is 16.7 Å². The number of nitrogens with one attached hydrogen (secondary N) is 2. The van der Waals surface area contributed by atoms with E-state index in [0.29, 0.717) is 23.9 Å². The normalized spacial score (nSPS) is 10.6. The number of hydrogen-bond donors (Lipinski definition) is 2. The van der Waals surface area contributed by atoms with Crippen LogP contribution >= 0.6 is 0 Å². The van der Waals surface area contributed by atoms with Crippen LogP contribution in [-0.4, -0.2) is 32.4 Å². The Hall–Kier alpha value is -4.18. The molecule has 7 heteroatoms. The van der Waals surface area contributed by atoms with Crippen molar-refractivity contribution in [1.29, 1.82) is 0 Å². The number of terminal acetylenes is 1. The van der Waals surface area contributed by atoms with Crippen molar-refractivity contribution in [2.24, 2.45) is 0 Å². The van der Waals surface area contributed by atoms with Crippen molar-refractivity contribution in [2.75, 3.05) is 6.54 Å². The van der Waals surface area contributed by atoms with Gasteiger partial charge in [-0.15, -0.1) is 12.3 Å². The lowest BCUT2D eigenvalue weighted by Gasteiger charge is -2.09. The maximum atomic E-state index is 13.0. The molecule has 1 amide bonds. The Labute approximate surface area is 172 Å². The van der Waals surface area contributed by atoms with Crippen molar-refractivity contribution in [3.05, 3.63) is 82.5 Å². The second kappa shape index (κ2) is 8.45. The highest BCUT2D eigenvalue weighted by molar-refractivity contribution is 5.94. The number of benzene rings is 2. The van der Waals surface area contributed by atoms with Crippen LogP contribution in [0.15, 0.2) is 65.8 Å². The number of rotatable bonds is 6. The van der Waals surface area contributed by atoms with Crippen LogP contribution in [0.5, 0.6) is 0 Å². The van der Waals surface area contributed by atoms with Gasteiger partial charge < -0.3 is 5.32 Å². The number of hydrogen-bond acceptors (Lipinski definition) is 4. The molecule has 0 fully saturated rings. The average Bonchev–Trinajstić information content (AvgIpc) is 3.31. The predicted molar refractivity (Wildman–Crippen MR) is 115 cm³/mol. The minimum absolute atomic E-state index is 0.193. The SMILES string of the molecule is C#CCCNC(=O)c1cccc(Cn2ncc3ccc(-c4cn[nH]c4)cc3c2=O)c1. The summed E-state index contributed by atoms with van der Waals surface area (Å²) in [5.74, 6) is 2.29. The highest BCUT2D eigenvalue weighted by Gasteiger charge is 2.10. The number of nitrogens with zero attached hydrogens (tertiary/aromatic N) is 3. The first-order valence-electron chi connectivity index (χ1n) is 9.45. The molecular formula is C23H19N5O2. The summed E-state index contributed by atoms with van der Waals surface area (Å²) in [5, 5.41) is 15.1. The van der Waals surface area contributed by atoms with Gasteiger partial charge in [0.25, 0.3) is 11.5 Å². The quantitative estimate of drug-likeness (QED) is 0.386. The number of H-pyrrole nitrogens is 1. The standard InChI is InChI=1S/C23H19N5O2/c1-2-3-9-24-22(29)18-6-4-5-16(10-18)15-28-23(30)21-11-17(20-12-25-26-13-20)7-8-19(21)14-27-28/h1,4-8,10-14H,3,9,15H2,(H,24,29)(H,25,26). The third-order valence-electron chi connectivity index (χ3n) is 4.76. The van der Waals surface area contributed by atoms with Gasteiger partial charge in [-0.05, 0) is 29.3 Å². The lowest BCUT2D eigenvalue weighted by atomic mass is 10.1. The van der Waals surface area contributed by atoms with E-state index in [2.05, 4.69) is 26.5 Å². The van der Waals surface area contributed by atoms with Gasteiger partial charge in [-0.3, -0.25) is 14.7 Å². The van der Waals surface area contributed by atoms with Crippen molar-refractivity contribution < 1.29 is 4.79 Å². The van der Waals surface area contributed by atoms with Crippen LogP contribution in [0.2, 0.25) is 0 Å². The molecule has 0 radical (unpaired) electrons. The summed E-state index contributed by atoms with van der Waals surface area (Å²) in [5.41, 5.74) is 2.93. The van der Waals surface area contributed by atoms with E-state index in [1.54, 1.807) is 36.8 Å². The van der Waals surface area contributed by atoms with Crippen LogP contribution in [0.4, 0.5) is 0 Å². The molecule has 0 aliphatic carbocycles. The highest BCUT2D eigenvalue weighted by Crippen LogP contribution is 2.21. The Morgan fingerprint density at radius 3 is 2.87 bits per heavy atom. The van der Waals surface area contributed by atoms with Crippen LogP contribution in [0.25, 0.3) is 21.9 Å². The zero-order chi connectivity index (χ0) is 20.9. The van der Waals surface area contributed by atoms with E-state index in [9.17, 15) is 9.59 Å². The van der Waals surface area contributed by atoms with E-state index >= 15 is 0 Å². The van der Waals surface area contributed by atoms with Gasteiger partial charge in [-0.2, -0.15) is 10.2 Å². The Morgan fingerprint density at radius 2 is 2.07 bits per heavy atom. The summed E-state index contributed by atoms with van der Waals surface area (Å²) in [6.07, 6.45) is 10.8. The molecular weight excluding hydrogens is 378 g/mol. The van der Waals surface area contributed by atoms with Crippen LogP contribution in [0, 0.1) is 12.3 Å². The first-order chi connectivity index (χ1) is 14.7. The minimum Gasteiger partial charge on any atom is -0.351 e. The predicted octanol–water partition coefficient (Wildman–Crippen LogP) is 2.59. The number of aromatic nitrogens is 4. The maximum Gasteiger partial charge on any atom is 0.274 e. The van der Waals surface area contributed by atoms with Crippen molar-refractivity contribution in [3.63, 3.8) is 0 Å². The molecule has 0 aliphatic rings. The second-order valence-corrected chi connectivity index (χ2v) is 6.81. The Balaban J connectivity index is 1.62. The molecule has 0 bridgehead atoms. The molecule has 0 aliphatic heterocycles. The zero-order valence-electron chi connectivity index (χ0n) is 16.1. The van der Waals surface area contributed by atoms with Gasteiger partial charge in [0.2, 0.25) is 0 Å². The highest BCUT2D eigenvalue weighted by atomic mass is 16.1. The van der Waals surface area contributed by atoms with Crippen LogP contribution in [-0.2, 0) is 6.54 Å². The van der Waals surface area contributed by atoms with Gasteiger partial charge in [-0.25, -0.2) is 4.68 Å². The first kappa shape index (κ1) is 19.2. The fourth-order valence-electron chi connectivity index (χ4n) is 3.21. The van der Waals surface area contributed by atoms with E-state index in [0.717, 1.165) is 22.1 Å². The van der Waals surface area contributed by atoms with Gasteiger partial charge >= 0.3 is 0 Å². The molecule has 30 heavy (non-hydrogen) atoms. The third-order valence-corrected chi connectivity index (χ3v) is 4.76. The summed E-state index contributed by atoms with van der Waals surface area (Å²) in [7, 11) is 0. The molecule has 0 saturated heterocycles. The van der Waals surface area contributed by atoms with Crippen molar-refractivity contribution in [1.82, 2.24) is 25.3 Å². The molecule has 4 aromatic rings. The number of carbonyl (C=O) groups is 1. The Bertz CT molecular complexity index is 1300. The summed E-state index contributed by atoms with van der Waals surface area (Å²) < 4.78 is 1.40. The van der Waals surface area contributed by atoms with Gasteiger partial charge in [0.1, 0.15) is 0 Å². The molecule has 2 heterocycles. The molecule has 2 N–H and O–H groups in total. The third kappa shape index (κ3) is 3.98. The monoisotopic (exact) mass is 397 g/mol. The smallest absolute Gasteiger partial charge is 0.274 e. The van der Waals surface area contributed by atoms with Crippen molar-refractivity contribution in [2.45, 2.75) is 13.0 Å². The van der Waals surface area contributed by atoms with E-state index in [1.807, 2.05) is 24.3 Å². The molecule has 4 rings (SSSR count). The van der Waals surface area contributed by atoms with E-state index in [1.165, 1.54) is 4.68 Å². The molecule has 2 aromatic carbocycles. The summed E-state index contributed by atoms with van der Waals surface area (Å²) >= 11 is 0. The number of amides is 1. The molecule has 0 atom stereocenters. The van der Waals surface area contributed by atoms with Crippen LogP contribution in [0.3, 0.4) is 0 Å². The van der Waals surface area contributed by atoms with Gasteiger partial charge in [-0.1, -0.05) is 24.3 Å². The lowest BCUT2D eigenvalue weighted by molar-refractivity contribution is 0.0954. The van der Waals surface area contributed by atoms with Crippen LogP contribution < -0.4 is 10.9 Å². The molecule has 0 saturated carbocycles. The molecule has 148 valence electrons. The number of fused-ring (bicyclic) bond motifs is 1. The fraction of sp³-hybridized carbons (Fsp3) is 0.130. The van der Waals surface area contributed by atoms with E-state index < -0.39 is 0 Å². The van der Waals surface area contributed by atoms with E-state index in [4.69, 9.17) is 6.42 Å². The lowest BCUT2D eigenvalue weighted by Crippen LogP contribution is -2.25. The molecule has 0 spiro atoms. The van der Waals surface area contributed by atoms with E-state index in [-0.39, 0.29) is 18.0 Å². The number of aromatic amines is 1. The maximum absolute atomic E-state index is 13.0. The fourth-order valence-corrected chi connectivity index (χ4v) is 3.21. The Morgan fingerprint density at radius 1 is 1.17 bits per heavy atom. The van der Waals surface area contributed by atoms with Crippen molar-refractivity contribution in [3.8, 4) is 23.5 Å². The van der Waals surface area contributed by atoms with Gasteiger partial charge in [0.15, 0.2) is 0 Å². The largest absolute Gasteiger partial charge is 0.351 e. The minimum atomic E-state index is -0.198. The summed E-state index contributed by atoms with van der Waals surface area (Å²) in [6.45, 7) is 0.681. The van der Waals surface area contributed by atoms with Gasteiger partial charge in [0, 0.05) is 35.7 Å². The molecule has 2 aromatic heterocycles. The van der Waals surface area contributed by atoms with Crippen LogP contribution in [0.1, 0.15) is 22.3 Å². The Kier molecular flexibility index (Phi) is 5.39. The zero-order valence-corrected chi connectivity index (χ0v) is 16.1. The average molecular weight is 397 g/mol. The molecule has 7 nitrogen and oxygen atoms in total. The summed E-state index contributed by atoms with van der Waals surface area (Å²) in [4.78, 5) is 25.3. The second-order valence-electron chi connectivity index (χ2n) is 6.81. The first-order valence-corrected chi connectivity index (χ1v) is 9.45. The molecule has 0 unspecified atom stereocenters. The topological polar surface area (TPSA) is 92.7 Å². The van der Waals surface area contributed by atoms with Gasteiger partial charge in [0.05, 0.1) is 24.3 Å². The summed E-state index contributed by atoms with van der Waals surface area (Å²) in [6, 6.07) is 12.8. The number of carbonyl (C=O) groups excluding carboxylic acids is 1.